The zero-order valence-corrected chi connectivity index (χ0v) is 18.7. The summed E-state index contributed by atoms with van der Waals surface area (Å²) in [5.74, 6) is 0.377. The summed E-state index contributed by atoms with van der Waals surface area (Å²) >= 11 is 0. The van der Waals surface area contributed by atoms with E-state index in [2.05, 4.69) is 5.32 Å². The van der Waals surface area contributed by atoms with E-state index >= 15 is 0 Å². The summed E-state index contributed by atoms with van der Waals surface area (Å²) in [6.07, 6.45) is 0. The number of ether oxygens (including phenoxy) is 2. The van der Waals surface area contributed by atoms with Crippen molar-refractivity contribution in [1.29, 1.82) is 0 Å². The van der Waals surface area contributed by atoms with Gasteiger partial charge in [-0.05, 0) is 55.0 Å². The van der Waals surface area contributed by atoms with Gasteiger partial charge in [0.2, 0.25) is 0 Å². The summed E-state index contributed by atoms with van der Waals surface area (Å²) in [6, 6.07) is 16.9. The molecular weight excluding hydrogens is 436 g/mol. The maximum Gasteiger partial charge on any atom is 0.349 e. The Morgan fingerprint density at radius 1 is 1.00 bits per heavy atom. The van der Waals surface area contributed by atoms with Gasteiger partial charge in [0.15, 0.2) is 17.1 Å². The molecule has 1 N–H and O–H groups in total. The average molecular weight is 456 g/mol. The number of fused-ring (bicyclic) bond motifs is 3. The van der Waals surface area contributed by atoms with Crippen LogP contribution in [0.1, 0.15) is 26.3 Å². The first-order chi connectivity index (χ1) is 16.4. The summed E-state index contributed by atoms with van der Waals surface area (Å²) in [7, 11) is 3.13. The Morgan fingerprint density at radius 3 is 2.59 bits per heavy atom. The van der Waals surface area contributed by atoms with E-state index in [0.29, 0.717) is 34.0 Å². The summed E-state index contributed by atoms with van der Waals surface area (Å²) in [5.41, 5.74) is 1.55. The Hall–Kier alpha value is -4.59. The van der Waals surface area contributed by atoms with Crippen molar-refractivity contribution in [2.45, 2.75) is 6.92 Å². The topological polar surface area (TPSA) is 98.1 Å². The lowest BCUT2D eigenvalue weighted by Gasteiger charge is -2.16. The molecule has 8 nitrogen and oxygen atoms in total. The molecule has 1 aromatic heterocycles. The largest absolute Gasteiger partial charge is 0.493 e. The number of hydrogen-bond donors (Lipinski definition) is 1. The maximum absolute atomic E-state index is 13.1. The fourth-order valence-electron chi connectivity index (χ4n) is 3.88. The van der Waals surface area contributed by atoms with Crippen molar-refractivity contribution >= 4 is 34.2 Å². The zero-order chi connectivity index (χ0) is 24.0. The Kier molecular flexibility index (Phi) is 5.05. The van der Waals surface area contributed by atoms with Gasteiger partial charge < -0.3 is 24.1 Å². The molecule has 0 saturated carbocycles. The number of rotatable bonds is 3. The van der Waals surface area contributed by atoms with Crippen LogP contribution in [0.5, 0.6) is 17.2 Å². The minimum absolute atomic E-state index is 0.168. The molecular formula is C26H20N2O6. The number of amides is 2. The third-order valence-electron chi connectivity index (χ3n) is 5.66. The van der Waals surface area contributed by atoms with Crippen molar-refractivity contribution in [3.8, 4) is 17.2 Å². The number of nitrogens with one attached hydrogen (secondary N) is 1. The van der Waals surface area contributed by atoms with Gasteiger partial charge in [-0.1, -0.05) is 18.2 Å². The van der Waals surface area contributed by atoms with Crippen LogP contribution in [0.3, 0.4) is 0 Å². The third kappa shape index (κ3) is 3.55. The Bertz CT molecular complexity index is 1540. The van der Waals surface area contributed by atoms with Crippen LogP contribution < -0.4 is 25.3 Å². The van der Waals surface area contributed by atoms with Gasteiger partial charge in [0.25, 0.3) is 11.8 Å². The summed E-state index contributed by atoms with van der Waals surface area (Å²) in [5, 5.41) is 3.22. The molecule has 0 atom stereocenters. The van der Waals surface area contributed by atoms with E-state index in [0.717, 1.165) is 5.56 Å². The van der Waals surface area contributed by atoms with Crippen molar-refractivity contribution in [2.75, 3.05) is 24.4 Å². The predicted molar refractivity (Wildman–Crippen MR) is 127 cm³/mol. The zero-order valence-electron chi connectivity index (χ0n) is 18.7. The smallest absolute Gasteiger partial charge is 0.349 e. The molecule has 1 aliphatic rings. The molecule has 0 bridgehead atoms. The molecule has 0 saturated heterocycles. The Balaban J connectivity index is 1.48. The second-order valence-corrected chi connectivity index (χ2v) is 7.93. The maximum atomic E-state index is 13.1. The standard InChI is InChI=1S/C26H20N2O6/c1-14-7-9-21-19(11-14)28(2)25(30)17-13-16(8-10-20(17)33-21)27-24(29)18-12-15-5-4-6-22(32-3)23(15)34-26(18)31/h4-13H,1-3H3,(H,27,29). The quantitative estimate of drug-likeness (QED) is 0.447. The first-order valence-corrected chi connectivity index (χ1v) is 10.5. The van der Waals surface area contributed by atoms with Gasteiger partial charge in [-0.2, -0.15) is 0 Å². The van der Waals surface area contributed by atoms with Crippen LogP contribution in [-0.4, -0.2) is 26.0 Å². The molecule has 0 fully saturated rings. The molecule has 3 aromatic carbocycles. The molecule has 8 heteroatoms. The second kappa shape index (κ2) is 8.08. The van der Waals surface area contributed by atoms with Crippen molar-refractivity contribution in [3.05, 3.63) is 87.8 Å². The Morgan fingerprint density at radius 2 is 1.79 bits per heavy atom. The third-order valence-corrected chi connectivity index (χ3v) is 5.66. The number of carbonyl (C=O) groups excluding carboxylic acids is 2. The number of hydrogen-bond acceptors (Lipinski definition) is 6. The van der Waals surface area contributed by atoms with Crippen molar-refractivity contribution < 1.29 is 23.5 Å². The molecule has 5 rings (SSSR count). The number of aryl methyl sites for hydroxylation is 1. The SMILES string of the molecule is COc1cccc2cc(C(=O)Nc3ccc4c(c3)C(=O)N(C)c3cc(C)ccc3O4)c(=O)oc12. The first kappa shape index (κ1) is 21.3. The van der Waals surface area contributed by atoms with Gasteiger partial charge in [-0.3, -0.25) is 9.59 Å². The molecule has 34 heavy (non-hydrogen) atoms. The molecule has 2 heterocycles. The van der Waals surface area contributed by atoms with Gasteiger partial charge in [-0.15, -0.1) is 0 Å². The van der Waals surface area contributed by atoms with Crippen molar-refractivity contribution in [2.24, 2.45) is 0 Å². The lowest BCUT2D eigenvalue weighted by molar-refractivity contribution is 0.0989. The highest BCUT2D eigenvalue weighted by Gasteiger charge is 2.26. The van der Waals surface area contributed by atoms with Crippen molar-refractivity contribution in [3.63, 3.8) is 0 Å². The van der Waals surface area contributed by atoms with Gasteiger partial charge in [0.05, 0.1) is 18.4 Å². The van der Waals surface area contributed by atoms with Crippen LogP contribution in [0.25, 0.3) is 11.0 Å². The van der Waals surface area contributed by atoms with Crippen LogP contribution >= 0.6 is 0 Å². The minimum atomic E-state index is -0.797. The second-order valence-electron chi connectivity index (χ2n) is 7.93. The van der Waals surface area contributed by atoms with E-state index in [1.165, 1.54) is 24.1 Å². The Labute approximate surface area is 194 Å². The first-order valence-electron chi connectivity index (χ1n) is 10.5. The molecule has 4 aromatic rings. The average Bonchev–Trinajstić information content (AvgIpc) is 2.93. The molecule has 1 aliphatic heterocycles. The molecule has 2 amide bonds. The monoisotopic (exact) mass is 456 g/mol. The molecule has 170 valence electrons. The fourth-order valence-corrected chi connectivity index (χ4v) is 3.88. The normalized spacial score (nSPS) is 12.4. The predicted octanol–water partition coefficient (Wildman–Crippen LogP) is 4.74. The number of anilines is 2. The summed E-state index contributed by atoms with van der Waals surface area (Å²) in [6.45, 7) is 1.93. The minimum Gasteiger partial charge on any atom is -0.493 e. The highest BCUT2D eigenvalue weighted by Crippen LogP contribution is 2.39. The number of benzene rings is 3. The van der Waals surface area contributed by atoms with Crippen LogP contribution in [0.15, 0.2) is 69.9 Å². The molecule has 0 aliphatic carbocycles. The lowest BCUT2D eigenvalue weighted by Crippen LogP contribution is -2.25. The van der Waals surface area contributed by atoms with Crippen LogP contribution in [-0.2, 0) is 0 Å². The lowest BCUT2D eigenvalue weighted by atomic mass is 10.1. The van der Waals surface area contributed by atoms with E-state index in [9.17, 15) is 14.4 Å². The van der Waals surface area contributed by atoms with E-state index in [1.807, 2.05) is 25.1 Å². The molecule has 0 radical (unpaired) electrons. The van der Waals surface area contributed by atoms with Gasteiger partial charge >= 0.3 is 5.63 Å². The number of methoxy groups -OCH3 is 1. The van der Waals surface area contributed by atoms with Crippen LogP contribution in [0.4, 0.5) is 11.4 Å². The van der Waals surface area contributed by atoms with E-state index < -0.39 is 11.5 Å². The van der Waals surface area contributed by atoms with Crippen molar-refractivity contribution in [1.82, 2.24) is 0 Å². The van der Waals surface area contributed by atoms with Gasteiger partial charge in [0, 0.05) is 18.1 Å². The number of carbonyl (C=O) groups is 2. The summed E-state index contributed by atoms with van der Waals surface area (Å²) < 4.78 is 16.5. The van der Waals surface area contributed by atoms with Gasteiger partial charge in [0.1, 0.15) is 11.3 Å². The van der Waals surface area contributed by atoms with E-state index in [4.69, 9.17) is 13.9 Å². The number of para-hydroxylation sites is 1. The number of nitrogens with zero attached hydrogens (tertiary/aromatic N) is 1. The van der Waals surface area contributed by atoms with Crippen LogP contribution in [0, 0.1) is 6.92 Å². The highest BCUT2D eigenvalue weighted by atomic mass is 16.5. The highest BCUT2D eigenvalue weighted by molar-refractivity contribution is 6.11. The van der Waals surface area contributed by atoms with E-state index in [-0.39, 0.29) is 22.6 Å². The van der Waals surface area contributed by atoms with E-state index in [1.54, 1.807) is 37.4 Å². The summed E-state index contributed by atoms with van der Waals surface area (Å²) in [4.78, 5) is 40.0. The van der Waals surface area contributed by atoms with Crippen LogP contribution in [0.2, 0.25) is 0 Å². The molecule has 0 unspecified atom stereocenters. The van der Waals surface area contributed by atoms with Gasteiger partial charge in [-0.25, -0.2) is 4.79 Å². The fraction of sp³-hybridized carbons (Fsp3) is 0.115. The molecule has 0 spiro atoms.